The number of hydrogen-bond acceptors (Lipinski definition) is 9. The standard InChI is InChI=1S/C29H32ClF2N7OS/c1-15(14-38-9-3-2-4-10-38)40-29-36-24-19(27(37-29)39-16-5-6-17(39)13-34-12-16)11-20(30)22(23(24)32)18-7-8-21(31)26-25(18)35-28(33)41-26/h7-8,11,15-17,34H,2-6,9-10,12-14H2,1H3,(H2,33,35)/t15-,16?,17?/m0/s1. The molecule has 2 unspecified atom stereocenters. The highest BCUT2D eigenvalue weighted by Crippen LogP contribution is 2.44. The zero-order valence-electron chi connectivity index (χ0n) is 22.8. The molecule has 7 rings (SSSR count). The van der Waals surface area contributed by atoms with Gasteiger partial charge in [-0.1, -0.05) is 29.4 Å². The van der Waals surface area contributed by atoms with Crippen molar-refractivity contribution in [3.63, 3.8) is 0 Å². The molecule has 3 fully saturated rings. The number of halogens is 3. The molecule has 0 spiro atoms. The fraction of sp³-hybridized carbons (Fsp3) is 0.483. The molecule has 41 heavy (non-hydrogen) atoms. The van der Waals surface area contributed by atoms with Crippen LogP contribution in [0.15, 0.2) is 18.2 Å². The summed E-state index contributed by atoms with van der Waals surface area (Å²) in [6, 6.07) is 5.12. The number of likely N-dealkylation sites (tertiary alicyclic amines) is 1. The van der Waals surface area contributed by atoms with Crippen LogP contribution in [-0.4, -0.2) is 70.8 Å². The van der Waals surface area contributed by atoms with Crippen LogP contribution in [0.4, 0.5) is 19.7 Å². The van der Waals surface area contributed by atoms with Gasteiger partial charge >= 0.3 is 6.01 Å². The second-order valence-electron chi connectivity index (χ2n) is 11.3. The predicted molar refractivity (Wildman–Crippen MR) is 160 cm³/mol. The molecule has 216 valence electrons. The molecule has 12 heteroatoms. The first-order valence-electron chi connectivity index (χ1n) is 14.3. The Balaban J connectivity index is 1.37. The number of thiazole rings is 1. The monoisotopic (exact) mass is 599 g/mol. The molecular formula is C29H32ClF2N7OS. The van der Waals surface area contributed by atoms with E-state index in [1.807, 2.05) is 6.92 Å². The van der Waals surface area contributed by atoms with Gasteiger partial charge in [0.05, 0.1) is 15.2 Å². The lowest BCUT2D eigenvalue weighted by molar-refractivity contribution is 0.123. The van der Waals surface area contributed by atoms with Gasteiger partial charge in [0.15, 0.2) is 10.9 Å². The van der Waals surface area contributed by atoms with Gasteiger partial charge in [0.2, 0.25) is 0 Å². The summed E-state index contributed by atoms with van der Waals surface area (Å²) < 4.78 is 37.8. The van der Waals surface area contributed by atoms with Crippen molar-refractivity contribution < 1.29 is 13.5 Å². The van der Waals surface area contributed by atoms with Crippen LogP contribution in [0.5, 0.6) is 6.01 Å². The molecule has 5 heterocycles. The van der Waals surface area contributed by atoms with Crippen LogP contribution >= 0.6 is 22.9 Å². The number of piperazine rings is 1. The average Bonchev–Trinajstić information content (AvgIpc) is 3.46. The Morgan fingerprint density at radius 3 is 2.61 bits per heavy atom. The van der Waals surface area contributed by atoms with E-state index in [1.165, 1.54) is 31.4 Å². The Bertz CT molecular complexity index is 1610. The molecule has 2 bridgehead atoms. The summed E-state index contributed by atoms with van der Waals surface area (Å²) in [5.74, 6) is -0.447. The van der Waals surface area contributed by atoms with Crippen molar-refractivity contribution in [2.24, 2.45) is 0 Å². The third-order valence-electron chi connectivity index (χ3n) is 8.52. The number of fused-ring (bicyclic) bond motifs is 4. The molecule has 3 aliphatic heterocycles. The van der Waals surface area contributed by atoms with Crippen molar-refractivity contribution in [3.8, 4) is 17.1 Å². The molecule has 3 atom stereocenters. The lowest BCUT2D eigenvalue weighted by atomic mass is 10.0. The van der Waals surface area contributed by atoms with Crippen molar-refractivity contribution in [1.82, 2.24) is 25.2 Å². The summed E-state index contributed by atoms with van der Waals surface area (Å²) in [5.41, 5.74) is 6.76. The Morgan fingerprint density at radius 2 is 1.85 bits per heavy atom. The molecule has 3 saturated heterocycles. The molecule has 2 aromatic heterocycles. The SMILES string of the molecule is C[C@@H](CN1CCCCC1)Oc1nc(N2C3CCC2CNC3)c2cc(Cl)c(-c3ccc(F)c4sc(N)nc34)c(F)c2n1. The number of anilines is 2. The van der Waals surface area contributed by atoms with Gasteiger partial charge in [-0.05, 0) is 63.9 Å². The summed E-state index contributed by atoms with van der Waals surface area (Å²) >= 11 is 7.83. The first-order chi connectivity index (χ1) is 19.9. The van der Waals surface area contributed by atoms with Gasteiger partial charge in [0.25, 0.3) is 0 Å². The van der Waals surface area contributed by atoms with Gasteiger partial charge in [-0.2, -0.15) is 9.97 Å². The fourth-order valence-electron chi connectivity index (χ4n) is 6.70. The van der Waals surface area contributed by atoms with Crippen LogP contribution in [0, 0.1) is 11.6 Å². The quantitative estimate of drug-likeness (QED) is 0.295. The van der Waals surface area contributed by atoms with E-state index < -0.39 is 11.6 Å². The van der Waals surface area contributed by atoms with Gasteiger partial charge in [-0.15, -0.1) is 0 Å². The lowest BCUT2D eigenvalue weighted by Gasteiger charge is -2.37. The Morgan fingerprint density at radius 1 is 1.10 bits per heavy atom. The van der Waals surface area contributed by atoms with E-state index >= 15 is 4.39 Å². The summed E-state index contributed by atoms with van der Waals surface area (Å²) in [6.45, 7) is 6.51. The third-order valence-corrected chi connectivity index (χ3v) is 9.71. The van der Waals surface area contributed by atoms with Crippen molar-refractivity contribution in [1.29, 1.82) is 0 Å². The number of aromatic nitrogens is 3. The van der Waals surface area contributed by atoms with Gasteiger partial charge in [0.1, 0.15) is 23.3 Å². The number of benzene rings is 2. The molecule has 8 nitrogen and oxygen atoms in total. The number of hydrogen-bond donors (Lipinski definition) is 2. The maximum atomic E-state index is 16.7. The van der Waals surface area contributed by atoms with E-state index in [2.05, 4.69) is 25.1 Å². The summed E-state index contributed by atoms with van der Waals surface area (Å²) in [4.78, 5) is 18.5. The Kier molecular flexibility index (Phi) is 7.09. The van der Waals surface area contributed by atoms with Gasteiger partial charge in [0, 0.05) is 48.2 Å². The van der Waals surface area contributed by atoms with Gasteiger partial charge in [-0.3, -0.25) is 4.90 Å². The molecule has 0 radical (unpaired) electrons. The number of ether oxygens (including phenoxy) is 1. The summed E-state index contributed by atoms with van der Waals surface area (Å²) in [6.07, 6.45) is 5.50. The number of nitrogens with one attached hydrogen (secondary N) is 1. The van der Waals surface area contributed by atoms with E-state index in [-0.39, 0.29) is 55.6 Å². The van der Waals surface area contributed by atoms with E-state index in [1.54, 1.807) is 6.07 Å². The van der Waals surface area contributed by atoms with E-state index in [4.69, 9.17) is 27.1 Å². The second-order valence-corrected chi connectivity index (χ2v) is 12.8. The minimum absolute atomic E-state index is 0.106. The summed E-state index contributed by atoms with van der Waals surface area (Å²) in [5, 5.41) is 4.40. The zero-order valence-corrected chi connectivity index (χ0v) is 24.4. The van der Waals surface area contributed by atoms with Crippen LogP contribution in [0.1, 0.15) is 39.0 Å². The first kappa shape index (κ1) is 27.0. The van der Waals surface area contributed by atoms with Crippen molar-refractivity contribution in [3.05, 3.63) is 34.9 Å². The van der Waals surface area contributed by atoms with Crippen LogP contribution < -0.4 is 20.7 Å². The normalized spacial score (nSPS) is 22.1. The van der Waals surface area contributed by atoms with Crippen LogP contribution in [-0.2, 0) is 0 Å². The van der Waals surface area contributed by atoms with Gasteiger partial charge in [-0.25, -0.2) is 13.8 Å². The van der Waals surface area contributed by atoms with Gasteiger partial charge < -0.3 is 20.7 Å². The van der Waals surface area contributed by atoms with E-state index in [9.17, 15) is 4.39 Å². The molecular weight excluding hydrogens is 568 g/mol. The molecule has 0 amide bonds. The fourth-order valence-corrected chi connectivity index (χ4v) is 7.76. The van der Waals surface area contributed by atoms with Crippen molar-refractivity contribution >= 4 is 55.0 Å². The van der Waals surface area contributed by atoms with Crippen molar-refractivity contribution in [2.75, 3.05) is 43.4 Å². The van der Waals surface area contributed by atoms with Crippen LogP contribution in [0.3, 0.4) is 0 Å². The molecule has 0 aliphatic carbocycles. The highest BCUT2D eigenvalue weighted by atomic mass is 35.5. The number of piperidine rings is 1. The average molecular weight is 600 g/mol. The molecule has 0 saturated carbocycles. The molecule has 4 aromatic rings. The Labute approximate surface area is 245 Å². The minimum atomic E-state index is -0.619. The smallest absolute Gasteiger partial charge is 0.319 e. The van der Waals surface area contributed by atoms with E-state index in [0.29, 0.717) is 16.8 Å². The number of nitrogens with two attached hydrogens (primary N) is 1. The second kappa shape index (κ2) is 10.8. The van der Waals surface area contributed by atoms with Crippen LogP contribution in [0.2, 0.25) is 5.02 Å². The number of nitrogen functional groups attached to an aromatic ring is 1. The minimum Gasteiger partial charge on any atom is -0.459 e. The highest BCUT2D eigenvalue weighted by molar-refractivity contribution is 7.22. The molecule has 3 aliphatic rings. The topological polar surface area (TPSA) is 92.4 Å². The maximum absolute atomic E-state index is 16.7. The maximum Gasteiger partial charge on any atom is 0.319 e. The molecule has 2 aromatic carbocycles. The largest absolute Gasteiger partial charge is 0.459 e. The van der Waals surface area contributed by atoms with E-state index in [0.717, 1.165) is 56.9 Å². The molecule has 3 N–H and O–H groups in total. The lowest BCUT2D eigenvalue weighted by Crippen LogP contribution is -2.52. The highest BCUT2D eigenvalue weighted by Gasteiger charge is 2.39. The number of rotatable bonds is 6. The first-order valence-corrected chi connectivity index (χ1v) is 15.5. The Hall–Kier alpha value is -2.86. The number of nitrogens with zero attached hydrogens (tertiary/aromatic N) is 5. The predicted octanol–water partition coefficient (Wildman–Crippen LogP) is 5.61. The summed E-state index contributed by atoms with van der Waals surface area (Å²) in [7, 11) is 0. The third kappa shape index (κ3) is 4.86. The van der Waals surface area contributed by atoms with Crippen molar-refractivity contribution in [2.45, 2.75) is 57.2 Å². The zero-order chi connectivity index (χ0) is 28.2. The van der Waals surface area contributed by atoms with Crippen LogP contribution in [0.25, 0.3) is 32.2 Å².